The van der Waals surface area contributed by atoms with E-state index in [0.717, 1.165) is 21.3 Å². The molecule has 0 saturated heterocycles. The van der Waals surface area contributed by atoms with Crippen LogP contribution in [0, 0.1) is 9.39 Å². The van der Waals surface area contributed by atoms with Gasteiger partial charge in [-0.3, -0.25) is 0 Å². The zero-order valence-electron chi connectivity index (χ0n) is 8.04. The van der Waals surface area contributed by atoms with Crippen molar-refractivity contribution in [1.82, 2.24) is 0 Å². The van der Waals surface area contributed by atoms with Crippen LogP contribution in [-0.4, -0.2) is 6.61 Å². The number of benzene rings is 1. The minimum absolute atomic E-state index is 0.239. The predicted molar refractivity (Wildman–Crippen MR) is 64.7 cm³/mol. The number of hydrogen-bond donors (Lipinski definition) is 1. The van der Waals surface area contributed by atoms with Gasteiger partial charge in [-0.2, -0.15) is 0 Å². The molecule has 0 amide bonds. The van der Waals surface area contributed by atoms with Gasteiger partial charge in [0.15, 0.2) is 0 Å². The van der Waals surface area contributed by atoms with Crippen LogP contribution in [0.5, 0.6) is 0 Å². The van der Waals surface area contributed by atoms with E-state index in [9.17, 15) is 4.39 Å². The summed E-state index contributed by atoms with van der Waals surface area (Å²) in [5.74, 6) is 0.552. The topological polar surface area (TPSA) is 35.2 Å². The maximum absolute atomic E-state index is 12.9. The molecule has 15 heavy (non-hydrogen) atoms. The maximum Gasteiger partial charge on any atom is 0.124 e. The van der Waals surface area contributed by atoms with Crippen LogP contribution >= 0.6 is 22.6 Å². The van der Waals surface area contributed by atoms with Crippen molar-refractivity contribution in [1.29, 1.82) is 0 Å². The van der Waals surface area contributed by atoms with Crippen molar-refractivity contribution in [3.8, 4) is 0 Å². The molecule has 0 fully saturated rings. The van der Waals surface area contributed by atoms with E-state index in [1.807, 2.05) is 6.08 Å². The summed E-state index contributed by atoms with van der Waals surface area (Å²) in [6.45, 7) is 0.695. The smallest absolute Gasteiger partial charge is 0.124 e. The fourth-order valence-corrected chi connectivity index (χ4v) is 2.37. The van der Waals surface area contributed by atoms with Crippen molar-refractivity contribution in [3.63, 3.8) is 0 Å². The largest absolute Gasteiger partial charge is 0.496 e. The van der Waals surface area contributed by atoms with Crippen LogP contribution < -0.4 is 5.73 Å². The average molecular weight is 319 g/mol. The highest BCUT2D eigenvalue weighted by molar-refractivity contribution is 14.1. The summed E-state index contributed by atoms with van der Waals surface area (Å²) in [5.41, 5.74) is 6.94. The second kappa shape index (κ2) is 4.49. The third-order valence-electron chi connectivity index (χ3n) is 2.34. The standard InChI is InChI=1S/C11H11FINO/c12-7-3-4-8(9(13)6-7)11(14)10-2-1-5-15-10/h2-4,6,11H,1,5,14H2. The van der Waals surface area contributed by atoms with E-state index >= 15 is 0 Å². The number of nitrogens with two attached hydrogens (primary N) is 1. The molecule has 1 aliphatic heterocycles. The Bertz CT molecular complexity index is 406. The summed E-state index contributed by atoms with van der Waals surface area (Å²) in [5, 5.41) is 0. The van der Waals surface area contributed by atoms with Gasteiger partial charge in [-0.1, -0.05) is 6.07 Å². The molecule has 0 bridgehead atoms. The quantitative estimate of drug-likeness (QED) is 0.851. The van der Waals surface area contributed by atoms with E-state index in [2.05, 4.69) is 22.6 Å². The van der Waals surface area contributed by atoms with Gasteiger partial charge in [0.2, 0.25) is 0 Å². The molecule has 0 aromatic heterocycles. The van der Waals surface area contributed by atoms with E-state index < -0.39 is 0 Å². The van der Waals surface area contributed by atoms with Crippen LogP contribution in [0.15, 0.2) is 30.0 Å². The molecule has 2 rings (SSSR count). The van der Waals surface area contributed by atoms with Crippen LogP contribution in [-0.2, 0) is 4.74 Å². The summed E-state index contributed by atoms with van der Waals surface area (Å²) in [4.78, 5) is 0. The fraction of sp³-hybridized carbons (Fsp3) is 0.273. The van der Waals surface area contributed by atoms with Crippen molar-refractivity contribution >= 4 is 22.6 Å². The van der Waals surface area contributed by atoms with Gasteiger partial charge in [0.25, 0.3) is 0 Å². The minimum atomic E-state index is -0.278. The second-order valence-electron chi connectivity index (χ2n) is 3.39. The third kappa shape index (κ3) is 2.31. The second-order valence-corrected chi connectivity index (χ2v) is 4.55. The first-order valence-electron chi connectivity index (χ1n) is 4.72. The summed E-state index contributed by atoms with van der Waals surface area (Å²) in [7, 11) is 0. The molecule has 1 aromatic rings. The maximum atomic E-state index is 12.9. The Morgan fingerprint density at radius 2 is 2.27 bits per heavy atom. The average Bonchev–Trinajstić information content (AvgIpc) is 2.69. The Kier molecular flexibility index (Phi) is 3.25. The van der Waals surface area contributed by atoms with Gasteiger partial charge < -0.3 is 10.5 Å². The molecule has 1 unspecified atom stereocenters. The lowest BCUT2D eigenvalue weighted by Crippen LogP contribution is -2.15. The SMILES string of the molecule is NC(C1=CCCO1)c1ccc(F)cc1I. The molecule has 2 nitrogen and oxygen atoms in total. The lowest BCUT2D eigenvalue weighted by Gasteiger charge is -2.15. The highest BCUT2D eigenvalue weighted by atomic mass is 127. The predicted octanol–water partition coefficient (Wildman–Crippen LogP) is 2.73. The van der Waals surface area contributed by atoms with Crippen molar-refractivity contribution in [2.24, 2.45) is 5.73 Å². The Hall–Kier alpha value is -0.620. The Labute approximate surface area is 101 Å². The van der Waals surface area contributed by atoms with Crippen LogP contribution in [0.2, 0.25) is 0 Å². The lowest BCUT2D eigenvalue weighted by molar-refractivity contribution is 0.225. The van der Waals surface area contributed by atoms with E-state index in [1.54, 1.807) is 6.07 Å². The van der Waals surface area contributed by atoms with Crippen molar-refractivity contribution in [3.05, 3.63) is 45.0 Å². The van der Waals surface area contributed by atoms with Gasteiger partial charge in [0, 0.05) is 9.99 Å². The van der Waals surface area contributed by atoms with Crippen LogP contribution in [0.3, 0.4) is 0 Å². The van der Waals surface area contributed by atoms with E-state index in [0.29, 0.717) is 6.61 Å². The normalized spacial score (nSPS) is 17.1. The molecule has 0 saturated carbocycles. The van der Waals surface area contributed by atoms with Crippen molar-refractivity contribution in [2.45, 2.75) is 12.5 Å². The van der Waals surface area contributed by atoms with Gasteiger partial charge in [-0.25, -0.2) is 4.39 Å². The molecule has 0 spiro atoms. The summed E-state index contributed by atoms with van der Waals surface area (Å²) < 4.78 is 19.1. The van der Waals surface area contributed by atoms with E-state index in [1.165, 1.54) is 12.1 Å². The van der Waals surface area contributed by atoms with Crippen LogP contribution in [0.4, 0.5) is 4.39 Å². The molecule has 4 heteroatoms. The van der Waals surface area contributed by atoms with Gasteiger partial charge in [0.1, 0.15) is 11.6 Å². The summed E-state index contributed by atoms with van der Waals surface area (Å²) in [6, 6.07) is 4.34. The zero-order chi connectivity index (χ0) is 10.8. The number of ether oxygens (including phenoxy) is 1. The molecular formula is C11H11FINO. The van der Waals surface area contributed by atoms with E-state index in [4.69, 9.17) is 10.5 Å². The van der Waals surface area contributed by atoms with Gasteiger partial charge in [0.05, 0.1) is 12.6 Å². The van der Waals surface area contributed by atoms with Gasteiger partial charge in [-0.15, -0.1) is 0 Å². The fourth-order valence-electron chi connectivity index (χ4n) is 1.56. The molecule has 0 radical (unpaired) electrons. The minimum Gasteiger partial charge on any atom is -0.496 e. The number of hydrogen-bond acceptors (Lipinski definition) is 2. The molecule has 80 valence electrons. The zero-order valence-corrected chi connectivity index (χ0v) is 10.2. The number of rotatable bonds is 2. The van der Waals surface area contributed by atoms with E-state index in [-0.39, 0.29) is 11.9 Å². The van der Waals surface area contributed by atoms with Crippen molar-refractivity contribution in [2.75, 3.05) is 6.61 Å². The Morgan fingerprint density at radius 3 is 2.87 bits per heavy atom. The molecule has 2 N–H and O–H groups in total. The molecular weight excluding hydrogens is 308 g/mol. The molecule has 0 aliphatic carbocycles. The number of halogens is 2. The lowest BCUT2D eigenvalue weighted by atomic mass is 10.1. The highest BCUT2D eigenvalue weighted by Gasteiger charge is 2.18. The molecule has 1 aliphatic rings. The first kappa shape index (κ1) is 10.9. The highest BCUT2D eigenvalue weighted by Crippen LogP contribution is 2.27. The summed E-state index contributed by atoms with van der Waals surface area (Å²) in [6.07, 6.45) is 2.89. The molecule has 1 atom stereocenters. The Morgan fingerprint density at radius 1 is 1.47 bits per heavy atom. The van der Waals surface area contributed by atoms with Gasteiger partial charge in [-0.05, 0) is 46.4 Å². The van der Waals surface area contributed by atoms with Gasteiger partial charge >= 0.3 is 0 Å². The summed E-state index contributed by atoms with van der Waals surface area (Å²) >= 11 is 2.08. The van der Waals surface area contributed by atoms with Crippen LogP contribution in [0.1, 0.15) is 18.0 Å². The molecule has 1 heterocycles. The third-order valence-corrected chi connectivity index (χ3v) is 3.27. The monoisotopic (exact) mass is 319 g/mol. The first-order valence-corrected chi connectivity index (χ1v) is 5.80. The van der Waals surface area contributed by atoms with Crippen LogP contribution in [0.25, 0.3) is 0 Å². The Balaban J connectivity index is 2.28. The molecule has 1 aromatic carbocycles. The first-order chi connectivity index (χ1) is 7.18. The van der Waals surface area contributed by atoms with Crippen molar-refractivity contribution < 1.29 is 9.13 Å².